The largest absolute Gasteiger partial charge is 0.422 e. The van der Waals surface area contributed by atoms with Crippen molar-refractivity contribution in [3.63, 3.8) is 0 Å². The summed E-state index contributed by atoms with van der Waals surface area (Å²) in [4.78, 5) is 3.71. The normalized spacial score (nSPS) is 11.7. The summed E-state index contributed by atoms with van der Waals surface area (Å²) in [7, 11) is 0. The second-order valence-corrected chi connectivity index (χ2v) is 4.08. The number of alkyl halides is 3. The summed E-state index contributed by atoms with van der Waals surface area (Å²) in [6.07, 6.45) is -3.91. The fraction of sp³-hybridized carbons (Fsp3) is 0.0833. The van der Waals surface area contributed by atoms with Crippen molar-refractivity contribution in [2.75, 3.05) is 0 Å². The standard InChI is InChI=1S/C12H5ClF5N/c13-6-3-4-19-9(5-6)7-1-2-8(14)10(11(7)15)12(16,17)18/h1-5H. The molecule has 0 saturated heterocycles. The van der Waals surface area contributed by atoms with Crippen LogP contribution in [0.2, 0.25) is 5.02 Å². The van der Waals surface area contributed by atoms with Crippen molar-refractivity contribution in [1.82, 2.24) is 4.98 Å². The number of hydrogen-bond donors (Lipinski definition) is 0. The van der Waals surface area contributed by atoms with E-state index in [1.54, 1.807) is 0 Å². The summed E-state index contributed by atoms with van der Waals surface area (Å²) >= 11 is 5.65. The molecule has 1 nitrogen and oxygen atoms in total. The van der Waals surface area contributed by atoms with E-state index >= 15 is 0 Å². The Bertz CT molecular complexity index is 624. The SMILES string of the molecule is Fc1ccc(-c2cc(Cl)ccn2)c(F)c1C(F)(F)F. The predicted molar refractivity (Wildman–Crippen MR) is 59.6 cm³/mol. The van der Waals surface area contributed by atoms with Gasteiger partial charge in [-0.05, 0) is 24.3 Å². The molecule has 1 aromatic heterocycles. The van der Waals surface area contributed by atoms with Gasteiger partial charge in [0.05, 0.1) is 5.69 Å². The van der Waals surface area contributed by atoms with Crippen LogP contribution in [-0.2, 0) is 6.18 Å². The van der Waals surface area contributed by atoms with Crippen molar-refractivity contribution in [2.45, 2.75) is 6.18 Å². The molecular formula is C12H5ClF5N. The molecule has 0 saturated carbocycles. The third-order valence-electron chi connectivity index (χ3n) is 2.37. The van der Waals surface area contributed by atoms with Gasteiger partial charge in [0.2, 0.25) is 0 Å². The van der Waals surface area contributed by atoms with E-state index in [9.17, 15) is 22.0 Å². The van der Waals surface area contributed by atoms with Crippen LogP contribution in [0.3, 0.4) is 0 Å². The minimum atomic E-state index is -5.12. The van der Waals surface area contributed by atoms with Crippen LogP contribution < -0.4 is 0 Å². The average molecular weight is 294 g/mol. The molecule has 2 rings (SSSR count). The molecule has 0 aliphatic rings. The summed E-state index contributed by atoms with van der Waals surface area (Å²) < 4.78 is 64.6. The van der Waals surface area contributed by atoms with Crippen molar-refractivity contribution in [2.24, 2.45) is 0 Å². The van der Waals surface area contributed by atoms with Gasteiger partial charge in [0.1, 0.15) is 17.2 Å². The molecule has 100 valence electrons. The molecule has 0 unspecified atom stereocenters. The molecule has 1 heterocycles. The van der Waals surface area contributed by atoms with Crippen LogP contribution >= 0.6 is 11.6 Å². The molecule has 7 heteroatoms. The maximum absolute atomic E-state index is 13.8. The van der Waals surface area contributed by atoms with Gasteiger partial charge in [-0.2, -0.15) is 13.2 Å². The monoisotopic (exact) mass is 293 g/mol. The van der Waals surface area contributed by atoms with Crippen LogP contribution in [0.1, 0.15) is 5.56 Å². The Balaban J connectivity index is 2.67. The summed E-state index contributed by atoms with van der Waals surface area (Å²) in [6, 6.07) is 4.01. The zero-order chi connectivity index (χ0) is 14.2. The van der Waals surface area contributed by atoms with Crippen molar-refractivity contribution in [3.8, 4) is 11.3 Å². The summed E-state index contributed by atoms with van der Waals surface area (Å²) in [5.41, 5.74) is -2.50. The number of aromatic nitrogens is 1. The summed E-state index contributed by atoms with van der Waals surface area (Å²) in [6.45, 7) is 0. The van der Waals surface area contributed by atoms with Crippen LogP contribution in [0.25, 0.3) is 11.3 Å². The van der Waals surface area contributed by atoms with Gasteiger partial charge in [-0.15, -0.1) is 0 Å². The van der Waals surface area contributed by atoms with Gasteiger partial charge in [0, 0.05) is 16.8 Å². The van der Waals surface area contributed by atoms with Crippen molar-refractivity contribution in [3.05, 3.63) is 52.7 Å². The number of hydrogen-bond acceptors (Lipinski definition) is 1. The molecular weight excluding hydrogens is 289 g/mol. The minimum absolute atomic E-state index is 0.101. The highest BCUT2D eigenvalue weighted by atomic mass is 35.5. The summed E-state index contributed by atoms with van der Waals surface area (Å²) in [5, 5.41) is 0.183. The number of pyridine rings is 1. The van der Waals surface area contributed by atoms with E-state index < -0.39 is 28.9 Å². The Morgan fingerprint density at radius 1 is 1.05 bits per heavy atom. The zero-order valence-corrected chi connectivity index (χ0v) is 9.86. The molecule has 0 bridgehead atoms. The minimum Gasteiger partial charge on any atom is -0.256 e. The van der Waals surface area contributed by atoms with E-state index in [4.69, 9.17) is 11.6 Å². The molecule has 0 radical (unpaired) electrons. The lowest BCUT2D eigenvalue weighted by atomic mass is 10.1. The Morgan fingerprint density at radius 2 is 1.74 bits per heavy atom. The lowest BCUT2D eigenvalue weighted by Crippen LogP contribution is -2.12. The first-order chi connectivity index (χ1) is 8.80. The van der Waals surface area contributed by atoms with Crippen LogP contribution in [0.15, 0.2) is 30.5 Å². The Morgan fingerprint density at radius 3 is 2.32 bits per heavy atom. The van der Waals surface area contributed by atoms with E-state index in [1.165, 1.54) is 18.3 Å². The van der Waals surface area contributed by atoms with Gasteiger partial charge >= 0.3 is 6.18 Å². The fourth-order valence-electron chi connectivity index (χ4n) is 1.56. The molecule has 0 atom stereocenters. The molecule has 0 N–H and O–H groups in total. The number of rotatable bonds is 1. The lowest BCUT2D eigenvalue weighted by molar-refractivity contribution is -0.142. The topological polar surface area (TPSA) is 12.9 Å². The molecule has 0 amide bonds. The molecule has 2 aromatic rings. The van der Waals surface area contributed by atoms with Gasteiger partial charge in [-0.3, -0.25) is 4.98 Å². The molecule has 0 aliphatic carbocycles. The molecule has 1 aromatic carbocycles. The number of nitrogens with zero attached hydrogens (tertiary/aromatic N) is 1. The van der Waals surface area contributed by atoms with Crippen LogP contribution in [0.5, 0.6) is 0 Å². The van der Waals surface area contributed by atoms with E-state index in [0.717, 1.165) is 6.07 Å². The quantitative estimate of drug-likeness (QED) is 0.695. The Hall–Kier alpha value is -1.69. The predicted octanol–water partition coefficient (Wildman–Crippen LogP) is 4.70. The zero-order valence-electron chi connectivity index (χ0n) is 9.10. The summed E-state index contributed by atoms with van der Waals surface area (Å²) in [5.74, 6) is -3.38. The van der Waals surface area contributed by atoms with Gasteiger partial charge < -0.3 is 0 Å². The smallest absolute Gasteiger partial charge is 0.256 e. The Labute approximate surface area is 109 Å². The first kappa shape index (κ1) is 13.7. The molecule has 19 heavy (non-hydrogen) atoms. The van der Waals surface area contributed by atoms with Gasteiger partial charge in [0.15, 0.2) is 0 Å². The van der Waals surface area contributed by atoms with Crippen molar-refractivity contribution in [1.29, 1.82) is 0 Å². The second kappa shape index (κ2) is 4.77. The number of halogens is 6. The van der Waals surface area contributed by atoms with Crippen LogP contribution in [0, 0.1) is 11.6 Å². The highest BCUT2D eigenvalue weighted by molar-refractivity contribution is 6.30. The van der Waals surface area contributed by atoms with Crippen molar-refractivity contribution < 1.29 is 22.0 Å². The first-order valence-corrected chi connectivity index (χ1v) is 5.35. The van der Waals surface area contributed by atoms with Crippen LogP contribution in [-0.4, -0.2) is 4.98 Å². The molecule has 0 fully saturated rings. The van der Waals surface area contributed by atoms with Gasteiger partial charge in [-0.25, -0.2) is 8.78 Å². The third-order valence-corrected chi connectivity index (χ3v) is 2.61. The fourth-order valence-corrected chi connectivity index (χ4v) is 1.72. The van der Waals surface area contributed by atoms with Gasteiger partial charge in [0.25, 0.3) is 0 Å². The van der Waals surface area contributed by atoms with Crippen LogP contribution in [0.4, 0.5) is 22.0 Å². The third kappa shape index (κ3) is 2.68. The highest BCUT2D eigenvalue weighted by Gasteiger charge is 2.38. The van der Waals surface area contributed by atoms with E-state index in [-0.39, 0.29) is 10.7 Å². The first-order valence-electron chi connectivity index (χ1n) is 4.98. The van der Waals surface area contributed by atoms with Crippen molar-refractivity contribution >= 4 is 11.6 Å². The highest BCUT2D eigenvalue weighted by Crippen LogP contribution is 2.37. The van der Waals surface area contributed by atoms with E-state index in [2.05, 4.69) is 4.98 Å². The lowest BCUT2D eigenvalue weighted by Gasteiger charge is -2.12. The maximum Gasteiger partial charge on any atom is 0.422 e. The molecule has 0 spiro atoms. The second-order valence-electron chi connectivity index (χ2n) is 3.64. The van der Waals surface area contributed by atoms with E-state index in [1.807, 2.05) is 0 Å². The average Bonchev–Trinajstić information content (AvgIpc) is 2.27. The maximum atomic E-state index is 13.8. The van der Waals surface area contributed by atoms with Gasteiger partial charge in [-0.1, -0.05) is 11.6 Å². The number of benzene rings is 1. The Kier molecular flexibility index (Phi) is 3.45. The molecule has 0 aliphatic heterocycles. The van der Waals surface area contributed by atoms with E-state index in [0.29, 0.717) is 6.07 Å².